The van der Waals surface area contributed by atoms with Crippen LogP contribution in [0.4, 0.5) is 0 Å². The Kier molecular flexibility index (Phi) is 4.98. The number of rotatable bonds is 5. The van der Waals surface area contributed by atoms with Gasteiger partial charge in [0, 0.05) is 25.5 Å². The van der Waals surface area contributed by atoms with E-state index < -0.39 is 16.1 Å². The second-order valence-electron chi connectivity index (χ2n) is 6.72. The van der Waals surface area contributed by atoms with Crippen LogP contribution >= 0.6 is 0 Å². The molecular weight excluding hydrogens is 380 g/mol. The van der Waals surface area contributed by atoms with Gasteiger partial charge in [0.25, 0.3) is 5.89 Å². The topological polar surface area (TPSA) is 107 Å². The molecule has 3 aromatic heterocycles. The van der Waals surface area contributed by atoms with Gasteiger partial charge in [-0.3, -0.25) is 9.67 Å². The summed E-state index contributed by atoms with van der Waals surface area (Å²) in [5, 5.41) is 12.5. The maximum Gasteiger partial charge on any atom is 0.266 e. The maximum atomic E-state index is 13.4. The predicted molar refractivity (Wildman–Crippen MR) is 101 cm³/mol. The maximum absolute atomic E-state index is 13.4. The molecule has 1 saturated heterocycles. The van der Waals surface area contributed by atoms with E-state index in [1.54, 1.807) is 36.1 Å². The Hall–Kier alpha value is -2.59. The van der Waals surface area contributed by atoms with Crippen molar-refractivity contribution in [1.29, 1.82) is 0 Å². The van der Waals surface area contributed by atoms with Crippen molar-refractivity contribution in [2.24, 2.45) is 0 Å². The zero-order valence-electron chi connectivity index (χ0n) is 15.8. The smallest absolute Gasteiger partial charge is 0.266 e. The predicted octanol–water partition coefficient (Wildman–Crippen LogP) is 2.57. The van der Waals surface area contributed by atoms with Gasteiger partial charge in [-0.15, -0.1) is 10.2 Å². The lowest BCUT2D eigenvalue weighted by molar-refractivity contribution is 0.220. The molecule has 0 aromatic carbocycles. The van der Waals surface area contributed by atoms with Crippen molar-refractivity contribution in [3.8, 4) is 11.6 Å². The summed E-state index contributed by atoms with van der Waals surface area (Å²) < 4.78 is 35.7. The summed E-state index contributed by atoms with van der Waals surface area (Å²) in [4.78, 5) is 4.43. The molecule has 1 aliphatic heterocycles. The minimum atomic E-state index is -3.73. The molecule has 0 N–H and O–H groups in total. The third-order valence-electron chi connectivity index (χ3n) is 4.88. The van der Waals surface area contributed by atoms with Crippen LogP contribution in [0.15, 0.2) is 39.9 Å². The average molecular weight is 402 g/mol. The number of hydrogen-bond donors (Lipinski definition) is 0. The molecule has 0 radical (unpaired) electrons. The number of aryl methyl sites for hydroxylation is 2. The molecule has 10 heteroatoms. The molecule has 0 bridgehead atoms. The van der Waals surface area contributed by atoms with Crippen molar-refractivity contribution in [2.45, 2.75) is 50.6 Å². The summed E-state index contributed by atoms with van der Waals surface area (Å²) >= 11 is 0. The van der Waals surface area contributed by atoms with Gasteiger partial charge in [-0.05, 0) is 38.8 Å². The van der Waals surface area contributed by atoms with Crippen LogP contribution in [0.25, 0.3) is 11.6 Å². The van der Waals surface area contributed by atoms with E-state index in [-0.39, 0.29) is 10.8 Å². The highest BCUT2D eigenvalue weighted by atomic mass is 32.2. The van der Waals surface area contributed by atoms with Gasteiger partial charge in [-0.2, -0.15) is 9.40 Å². The standard InChI is InChI=1S/C18H22N6O3S/c1-3-23-12-16(13(2)22-23)28(25,26)24-11-7-5-9-15(24)18-21-20-17(27-18)14-8-4-6-10-19-14/h4,6,8,10,12,15H,3,5,7,9,11H2,1-2H3/t15-/m1/s1. The summed E-state index contributed by atoms with van der Waals surface area (Å²) in [6.07, 6.45) is 5.54. The lowest BCUT2D eigenvalue weighted by Gasteiger charge is -2.32. The Morgan fingerprint density at radius 3 is 2.82 bits per heavy atom. The highest BCUT2D eigenvalue weighted by Crippen LogP contribution is 2.36. The van der Waals surface area contributed by atoms with Crippen molar-refractivity contribution in [2.75, 3.05) is 6.54 Å². The van der Waals surface area contributed by atoms with Gasteiger partial charge >= 0.3 is 0 Å². The highest BCUT2D eigenvalue weighted by molar-refractivity contribution is 7.89. The van der Waals surface area contributed by atoms with E-state index >= 15 is 0 Å². The van der Waals surface area contributed by atoms with Crippen molar-refractivity contribution in [3.05, 3.63) is 42.2 Å². The Balaban J connectivity index is 1.69. The van der Waals surface area contributed by atoms with Crippen LogP contribution in [0.3, 0.4) is 0 Å². The van der Waals surface area contributed by atoms with E-state index in [4.69, 9.17) is 4.42 Å². The minimum Gasteiger partial charge on any atom is -0.417 e. The number of hydrogen-bond acceptors (Lipinski definition) is 7. The molecule has 0 saturated carbocycles. The van der Waals surface area contributed by atoms with Crippen LogP contribution in [0.5, 0.6) is 0 Å². The summed E-state index contributed by atoms with van der Waals surface area (Å²) in [7, 11) is -3.73. The Labute approximate surface area is 163 Å². The largest absolute Gasteiger partial charge is 0.417 e. The molecule has 4 heterocycles. The normalized spacial score (nSPS) is 18.4. The van der Waals surface area contributed by atoms with Crippen molar-refractivity contribution in [1.82, 2.24) is 29.3 Å². The summed E-state index contributed by atoms with van der Waals surface area (Å²) in [5.41, 5.74) is 1.05. The number of aromatic nitrogens is 5. The van der Waals surface area contributed by atoms with Crippen LogP contribution in [-0.2, 0) is 16.6 Å². The van der Waals surface area contributed by atoms with Crippen LogP contribution < -0.4 is 0 Å². The first-order valence-corrected chi connectivity index (χ1v) is 10.8. The van der Waals surface area contributed by atoms with E-state index in [2.05, 4.69) is 20.3 Å². The fraction of sp³-hybridized carbons (Fsp3) is 0.444. The second-order valence-corrected chi connectivity index (χ2v) is 8.58. The first-order valence-electron chi connectivity index (χ1n) is 9.31. The number of sulfonamides is 1. The molecule has 0 spiro atoms. The van der Waals surface area contributed by atoms with Gasteiger partial charge in [0.15, 0.2) is 0 Å². The van der Waals surface area contributed by atoms with Crippen molar-refractivity contribution >= 4 is 10.0 Å². The van der Waals surface area contributed by atoms with Crippen LogP contribution in [0.1, 0.15) is 43.8 Å². The van der Waals surface area contributed by atoms with E-state index in [0.29, 0.717) is 36.8 Å². The summed E-state index contributed by atoms with van der Waals surface area (Å²) in [5.74, 6) is 0.581. The van der Waals surface area contributed by atoms with Crippen LogP contribution in [-0.4, -0.2) is 44.2 Å². The van der Waals surface area contributed by atoms with Gasteiger partial charge in [0.05, 0.1) is 5.69 Å². The molecule has 0 amide bonds. The minimum absolute atomic E-state index is 0.228. The quantitative estimate of drug-likeness (QED) is 0.645. The Bertz CT molecular complexity index is 1060. The van der Waals surface area contributed by atoms with Gasteiger partial charge in [0.2, 0.25) is 15.9 Å². The van der Waals surface area contributed by atoms with Gasteiger partial charge in [-0.25, -0.2) is 8.42 Å². The van der Waals surface area contributed by atoms with E-state index in [1.807, 2.05) is 13.0 Å². The molecule has 148 valence electrons. The lowest BCUT2D eigenvalue weighted by atomic mass is 10.1. The average Bonchev–Trinajstić information content (AvgIpc) is 3.36. The lowest BCUT2D eigenvalue weighted by Crippen LogP contribution is -2.38. The molecule has 1 atom stereocenters. The third kappa shape index (κ3) is 3.33. The van der Waals surface area contributed by atoms with Crippen LogP contribution in [0, 0.1) is 6.92 Å². The Morgan fingerprint density at radius 2 is 2.11 bits per heavy atom. The van der Waals surface area contributed by atoms with E-state index in [1.165, 1.54) is 4.31 Å². The first-order chi connectivity index (χ1) is 13.5. The van der Waals surface area contributed by atoms with Gasteiger partial charge in [0.1, 0.15) is 16.6 Å². The number of nitrogens with zero attached hydrogens (tertiary/aromatic N) is 6. The SMILES string of the molecule is CCn1cc(S(=O)(=O)N2CCCC[C@@H]2c2nnc(-c3ccccn3)o2)c(C)n1. The fourth-order valence-electron chi connectivity index (χ4n) is 3.44. The number of piperidine rings is 1. The molecule has 0 aliphatic carbocycles. The Morgan fingerprint density at radius 1 is 1.25 bits per heavy atom. The molecule has 0 unspecified atom stereocenters. The van der Waals surface area contributed by atoms with Crippen molar-refractivity contribution < 1.29 is 12.8 Å². The molecule has 28 heavy (non-hydrogen) atoms. The zero-order chi connectivity index (χ0) is 19.7. The number of pyridine rings is 1. The fourth-order valence-corrected chi connectivity index (χ4v) is 5.26. The molecule has 3 aromatic rings. The molecule has 1 aliphatic rings. The third-order valence-corrected chi connectivity index (χ3v) is 6.89. The van der Waals surface area contributed by atoms with E-state index in [9.17, 15) is 8.42 Å². The highest BCUT2D eigenvalue weighted by Gasteiger charge is 2.39. The molecule has 9 nitrogen and oxygen atoms in total. The first kappa shape index (κ1) is 18.8. The molecule has 4 rings (SSSR count). The summed E-state index contributed by atoms with van der Waals surface area (Å²) in [6, 6.07) is 4.91. The van der Waals surface area contributed by atoms with Crippen LogP contribution in [0.2, 0.25) is 0 Å². The second kappa shape index (κ2) is 7.44. The van der Waals surface area contributed by atoms with E-state index in [0.717, 1.165) is 12.8 Å². The molecular formula is C18H22N6O3S. The zero-order valence-corrected chi connectivity index (χ0v) is 16.6. The van der Waals surface area contributed by atoms with Gasteiger partial charge in [-0.1, -0.05) is 12.5 Å². The van der Waals surface area contributed by atoms with Gasteiger partial charge < -0.3 is 4.42 Å². The summed E-state index contributed by atoms with van der Waals surface area (Å²) in [6.45, 7) is 4.65. The van der Waals surface area contributed by atoms with Crippen molar-refractivity contribution in [3.63, 3.8) is 0 Å². The molecule has 1 fully saturated rings. The monoisotopic (exact) mass is 402 g/mol.